The Bertz CT molecular complexity index is 1140. The summed E-state index contributed by atoms with van der Waals surface area (Å²) in [5.41, 5.74) is 0.220. The average molecular weight is 530 g/mol. The number of benzene rings is 1. The van der Waals surface area contributed by atoms with Crippen molar-refractivity contribution in [2.24, 2.45) is 0 Å². The third-order valence-electron chi connectivity index (χ3n) is 4.59. The van der Waals surface area contributed by atoms with Crippen LogP contribution in [0.4, 0.5) is 17.6 Å². The van der Waals surface area contributed by atoms with Gasteiger partial charge in [-0.1, -0.05) is 11.3 Å². The maximum Gasteiger partial charge on any atom is 0.405 e. The molecule has 0 spiro atoms. The third-order valence-corrected chi connectivity index (χ3v) is 5.52. The van der Waals surface area contributed by atoms with Crippen LogP contribution in [0.1, 0.15) is 25.7 Å². The van der Waals surface area contributed by atoms with E-state index >= 15 is 0 Å². The number of halogens is 4. The molecule has 2 amide bonds. The predicted molar refractivity (Wildman–Crippen MR) is 122 cm³/mol. The van der Waals surface area contributed by atoms with Crippen molar-refractivity contribution in [1.29, 1.82) is 0 Å². The number of amides is 2. The molecule has 0 saturated heterocycles. The topological polar surface area (TPSA) is 107 Å². The van der Waals surface area contributed by atoms with Crippen LogP contribution in [0.25, 0.3) is 5.69 Å². The second kappa shape index (κ2) is 13.0. The number of thiophene rings is 1. The summed E-state index contributed by atoms with van der Waals surface area (Å²) in [4.78, 5) is 25.7. The molecule has 2 N–H and O–H groups in total. The largest absolute Gasteiger partial charge is 0.489 e. The molecule has 0 aliphatic rings. The molecule has 1 aromatic carbocycles. The third kappa shape index (κ3) is 8.30. The maximum absolute atomic E-state index is 12.5. The van der Waals surface area contributed by atoms with Crippen molar-refractivity contribution in [2.45, 2.75) is 12.6 Å². The molecule has 0 radical (unpaired) electrons. The van der Waals surface area contributed by atoms with Gasteiger partial charge in [0.1, 0.15) is 31.3 Å². The highest BCUT2D eigenvalue weighted by molar-refractivity contribution is 7.09. The van der Waals surface area contributed by atoms with Crippen molar-refractivity contribution < 1.29 is 36.6 Å². The van der Waals surface area contributed by atoms with Crippen molar-refractivity contribution in [3.05, 3.63) is 58.0 Å². The molecule has 36 heavy (non-hydrogen) atoms. The Kier molecular flexibility index (Phi) is 9.76. The smallest absolute Gasteiger partial charge is 0.405 e. The van der Waals surface area contributed by atoms with Crippen molar-refractivity contribution in [3.8, 4) is 11.4 Å². The molecule has 0 bridgehead atoms. The zero-order chi connectivity index (χ0) is 26.0. The van der Waals surface area contributed by atoms with E-state index in [9.17, 15) is 27.2 Å². The van der Waals surface area contributed by atoms with Crippen molar-refractivity contribution in [2.75, 3.05) is 39.6 Å². The molecule has 14 heteroatoms. The minimum absolute atomic E-state index is 0.0309. The van der Waals surface area contributed by atoms with E-state index in [1.165, 1.54) is 29.1 Å². The number of aromatic nitrogens is 3. The van der Waals surface area contributed by atoms with Crippen LogP contribution < -0.4 is 15.4 Å². The molecule has 2 aromatic heterocycles. The first-order valence-electron chi connectivity index (χ1n) is 10.8. The summed E-state index contributed by atoms with van der Waals surface area (Å²) in [6, 6.07) is 7.80. The van der Waals surface area contributed by atoms with E-state index in [4.69, 9.17) is 9.47 Å². The van der Waals surface area contributed by atoms with Gasteiger partial charge in [0.15, 0.2) is 5.69 Å². The predicted octanol–water partition coefficient (Wildman–Crippen LogP) is 2.96. The van der Waals surface area contributed by atoms with E-state index in [-0.39, 0.29) is 42.5 Å². The number of rotatable bonds is 13. The van der Waals surface area contributed by atoms with Gasteiger partial charge in [0, 0.05) is 17.0 Å². The second-order valence-corrected chi connectivity index (χ2v) is 8.30. The Hall–Kier alpha value is -3.52. The number of carbonyl (C=O) groups is 2. The first-order chi connectivity index (χ1) is 17.3. The number of nitrogens with one attached hydrogen (secondary N) is 2. The van der Waals surface area contributed by atoms with Gasteiger partial charge in [-0.3, -0.25) is 9.59 Å². The van der Waals surface area contributed by atoms with Gasteiger partial charge in [0.2, 0.25) is 0 Å². The molecule has 0 aliphatic heterocycles. The van der Waals surface area contributed by atoms with Crippen LogP contribution in [-0.4, -0.2) is 72.6 Å². The summed E-state index contributed by atoms with van der Waals surface area (Å²) in [6.45, 7) is -1.88. The van der Waals surface area contributed by atoms with Crippen molar-refractivity contribution in [3.63, 3.8) is 0 Å². The van der Waals surface area contributed by atoms with Crippen LogP contribution in [0.3, 0.4) is 0 Å². The molecule has 3 aromatic rings. The number of hydrogen-bond acceptors (Lipinski definition) is 7. The van der Waals surface area contributed by atoms with Crippen LogP contribution in [0.15, 0.2) is 41.9 Å². The van der Waals surface area contributed by atoms with E-state index < -0.39 is 31.2 Å². The minimum Gasteiger partial charge on any atom is -0.489 e. The monoisotopic (exact) mass is 529 g/mol. The van der Waals surface area contributed by atoms with Gasteiger partial charge in [-0.25, -0.2) is 9.07 Å². The summed E-state index contributed by atoms with van der Waals surface area (Å²) >= 11 is 1.58. The molecule has 194 valence electrons. The highest BCUT2D eigenvalue weighted by atomic mass is 32.1. The summed E-state index contributed by atoms with van der Waals surface area (Å²) < 4.78 is 61.4. The fraction of sp³-hybridized carbons (Fsp3) is 0.364. The summed E-state index contributed by atoms with van der Waals surface area (Å²) in [6.07, 6.45) is -2.55. The van der Waals surface area contributed by atoms with E-state index in [1.54, 1.807) is 16.7 Å². The molecule has 0 atom stereocenters. The van der Waals surface area contributed by atoms with Crippen LogP contribution >= 0.6 is 11.3 Å². The van der Waals surface area contributed by atoms with Crippen LogP contribution in [-0.2, 0) is 11.2 Å². The van der Waals surface area contributed by atoms with Crippen LogP contribution in [0.5, 0.6) is 5.75 Å². The van der Waals surface area contributed by atoms with E-state index in [1.807, 2.05) is 17.5 Å². The highest BCUT2D eigenvalue weighted by Gasteiger charge is 2.28. The molecule has 2 heterocycles. The van der Waals surface area contributed by atoms with Crippen molar-refractivity contribution in [1.82, 2.24) is 25.6 Å². The Morgan fingerprint density at radius 2 is 1.92 bits per heavy atom. The van der Waals surface area contributed by atoms with Gasteiger partial charge in [0.05, 0.1) is 19.4 Å². The zero-order valence-electron chi connectivity index (χ0n) is 18.9. The SMILES string of the molecule is O=C(NCC(F)(F)F)c1ccc(-n2cc(C(=O)NCCc3cccs3)nn2)c(OCCOCCF)c1. The van der Waals surface area contributed by atoms with Gasteiger partial charge < -0.3 is 20.1 Å². The van der Waals surface area contributed by atoms with Gasteiger partial charge >= 0.3 is 6.18 Å². The molecule has 0 saturated carbocycles. The fourth-order valence-electron chi connectivity index (χ4n) is 2.94. The maximum atomic E-state index is 12.5. The fourth-order valence-corrected chi connectivity index (χ4v) is 3.65. The second-order valence-electron chi connectivity index (χ2n) is 7.26. The number of alkyl halides is 4. The lowest BCUT2D eigenvalue weighted by atomic mass is 10.1. The van der Waals surface area contributed by atoms with Crippen LogP contribution in [0.2, 0.25) is 0 Å². The van der Waals surface area contributed by atoms with Gasteiger partial charge in [-0.05, 0) is 36.1 Å². The molecular formula is C22H23F4N5O4S. The first kappa shape index (κ1) is 27.1. The molecule has 0 fully saturated rings. The average Bonchev–Trinajstić information content (AvgIpc) is 3.54. The number of ether oxygens (including phenoxy) is 2. The normalized spacial score (nSPS) is 11.3. The quantitative estimate of drug-likeness (QED) is 0.261. The summed E-state index contributed by atoms with van der Waals surface area (Å²) in [7, 11) is 0. The highest BCUT2D eigenvalue weighted by Crippen LogP contribution is 2.25. The Balaban J connectivity index is 1.72. The number of nitrogens with zero attached hydrogens (tertiary/aromatic N) is 3. The first-order valence-corrected chi connectivity index (χ1v) is 11.6. The van der Waals surface area contributed by atoms with E-state index in [2.05, 4.69) is 15.6 Å². The Morgan fingerprint density at radius 3 is 2.64 bits per heavy atom. The lowest BCUT2D eigenvalue weighted by molar-refractivity contribution is -0.123. The molecule has 9 nitrogen and oxygen atoms in total. The molecule has 3 rings (SSSR count). The Labute approximate surface area is 207 Å². The zero-order valence-corrected chi connectivity index (χ0v) is 19.7. The lowest BCUT2D eigenvalue weighted by Crippen LogP contribution is -2.33. The van der Waals surface area contributed by atoms with Gasteiger partial charge in [-0.2, -0.15) is 13.2 Å². The van der Waals surface area contributed by atoms with Crippen molar-refractivity contribution >= 4 is 23.2 Å². The van der Waals surface area contributed by atoms with Gasteiger partial charge in [-0.15, -0.1) is 16.4 Å². The van der Waals surface area contributed by atoms with Gasteiger partial charge in [0.25, 0.3) is 11.8 Å². The number of hydrogen-bond donors (Lipinski definition) is 2. The Morgan fingerprint density at radius 1 is 1.08 bits per heavy atom. The molecular weight excluding hydrogens is 506 g/mol. The van der Waals surface area contributed by atoms with Crippen LogP contribution in [0, 0.1) is 0 Å². The number of carbonyl (C=O) groups excluding carboxylic acids is 2. The summed E-state index contributed by atoms with van der Waals surface area (Å²) in [5.74, 6) is -1.32. The minimum atomic E-state index is -4.57. The van der Waals surface area contributed by atoms with E-state index in [0.29, 0.717) is 13.0 Å². The molecule has 0 aliphatic carbocycles. The lowest BCUT2D eigenvalue weighted by Gasteiger charge is -2.14. The summed E-state index contributed by atoms with van der Waals surface area (Å²) in [5, 5.41) is 14.3. The van der Waals surface area contributed by atoms with E-state index in [0.717, 1.165) is 4.88 Å². The molecule has 0 unspecified atom stereocenters. The standard InChI is InChI=1S/C22H23F4N5O4S/c23-6-8-34-9-10-35-19-12-15(20(32)28-14-22(24,25)26)3-4-18(19)31-13-17(29-30-31)21(33)27-7-5-16-2-1-11-36-16/h1-4,11-13H,5-10,14H2,(H,27,33)(H,28,32).